The number of rotatable bonds is 4. The predicted molar refractivity (Wildman–Crippen MR) is 90.6 cm³/mol. The molecule has 1 aromatic carbocycles. The van der Waals surface area contributed by atoms with E-state index in [4.69, 9.17) is 0 Å². The molecule has 0 atom stereocenters. The number of benzene rings is 1. The van der Waals surface area contributed by atoms with Gasteiger partial charge >= 0.3 is 0 Å². The van der Waals surface area contributed by atoms with Gasteiger partial charge < -0.3 is 4.90 Å². The third kappa shape index (κ3) is 2.67. The summed E-state index contributed by atoms with van der Waals surface area (Å²) < 4.78 is 1.85. The van der Waals surface area contributed by atoms with Gasteiger partial charge in [0.1, 0.15) is 12.1 Å². The molecule has 0 radical (unpaired) electrons. The van der Waals surface area contributed by atoms with Gasteiger partial charge in [0.25, 0.3) is 5.78 Å². The summed E-state index contributed by atoms with van der Waals surface area (Å²) in [6.07, 6.45) is 4.05. The van der Waals surface area contributed by atoms with Crippen LogP contribution >= 0.6 is 0 Å². The highest BCUT2D eigenvalue weighted by Crippen LogP contribution is 2.33. The van der Waals surface area contributed by atoms with Crippen LogP contribution < -0.4 is 4.90 Å². The van der Waals surface area contributed by atoms with Crippen LogP contribution in [0, 0.1) is 20.8 Å². The fraction of sp³-hybridized carbons (Fsp3) is 0.389. The summed E-state index contributed by atoms with van der Waals surface area (Å²) in [5, 5.41) is 4.37. The van der Waals surface area contributed by atoms with Crippen molar-refractivity contribution in [3.63, 3.8) is 0 Å². The molecule has 4 rings (SSSR count). The molecule has 23 heavy (non-hydrogen) atoms. The fourth-order valence-corrected chi connectivity index (χ4v) is 3.00. The summed E-state index contributed by atoms with van der Waals surface area (Å²) in [6.45, 7) is 7.24. The highest BCUT2D eigenvalue weighted by Gasteiger charge is 2.31. The molecular formula is C18H21N5. The van der Waals surface area contributed by atoms with Crippen molar-refractivity contribution < 1.29 is 0 Å². The van der Waals surface area contributed by atoms with Gasteiger partial charge in [-0.1, -0.05) is 18.2 Å². The molecule has 1 aliphatic rings. The van der Waals surface area contributed by atoms with Gasteiger partial charge in [0.2, 0.25) is 0 Å². The van der Waals surface area contributed by atoms with E-state index in [1.165, 1.54) is 29.5 Å². The van der Waals surface area contributed by atoms with E-state index >= 15 is 0 Å². The summed E-state index contributed by atoms with van der Waals surface area (Å²) in [5.41, 5.74) is 4.99. The summed E-state index contributed by atoms with van der Waals surface area (Å²) in [7, 11) is 0. The van der Waals surface area contributed by atoms with Crippen LogP contribution in [0.1, 0.15) is 35.2 Å². The Kier molecular flexibility index (Phi) is 3.29. The maximum absolute atomic E-state index is 4.45. The van der Waals surface area contributed by atoms with Crippen LogP contribution in [0.2, 0.25) is 0 Å². The molecule has 1 aliphatic carbocycles. The molecule has 0 spiro atoms. The molecule has 0 aliphatic heterocycles. The maximum Gasteiger partial charge on any atom is 0.254 e. The Morgan fingerprint density at radius 3 is 2.70 bits per heavy atom. The second kappa shape index (κ2) is 5.33. The molecule has 2 aromatic heterocycles. The minimum Gasteiger partial charge on any atom is -0.349 e. The molecule has 118 valence electrons. The highest BCUT2D eigenvalue weighted by atomic mass is 15.4. The molecule has 2 heterocycles. The Morgan fingerprint density at radius 2 is 1.96 bits per heavy atom. The zero-order valence-electron chi connectivity index (χ0n) is 13.8. The molecule has 3 aromatic rings. The first kappa shape index (κ1) is 14.2. The van der Waals surface area contributed by atoms with Crippen LogP contribution in [-0.2, 0) is 6.54 Å². The normalized spacial score (nSPS) is 14.4. The Bertz CT molecular complexity index is 863. The van der Waals surface area contributed by atoms with Gasteiger partial charge in [0, 0.05) is 24.3 Å². The van der Waals surface area contributed by atoms with Crippen molar-refractivity contribution in [3.05, 3.63) is 53.0 Å². The zero-order valence-corrected chi connectivity index (χ0v) is 13.8. The molecule has 5 heteroatoms. The summed E-state index contributed by atoms with van der Waals surface area (Å²) in [6, 6.07) is 9.42. The number of aromatic nitrogens is 4. The van der Waals surface area contributed by atoms with Crippen LogP contribution in [0.15, 0.2) is 30.6 Å². The lowest BCUT2D eigenvalue weighted by molar-refractivity contribution is 0.745. The van der Waals surface area contributed by atoms with Gasteiger partial charge in [0.15, 0.2) is 0 Å². The average molecular weight is 307 g/mol. The van der Waals surface area contributed by atoms with Crippen molar-refractivity contribution in [1.82, 2.24) is 19.6 Å². The fourth-order valence-electron chi connectivity index (χ4n) is 3.00. The van der Waals surface area contributed by atoms with E-state index in [2.05, 4.69) is 58.1 Å². The smallest absolute Gasteiger partial charge is 0.254 e. The van der Waals surface area contributed by atoms with Crippen molar-refractivity contribution in [3.8, 4) is 0 Å². The molecule has 1 saturated carbocycles. The molecule has 0 amide bonds. The Hall–Kier alpha value is -2.43. The molecule has 0 unspecified atom stereocenters. The predicted octanol–water partition coefficient (Wildman–Crippen LogP) is 3.22. The van der Waals surface area contributed by atoms with Crippen LogP contribution in [0.4, 0.5) is 5.82 Å². The van der Waals surface area contributed by atoms with Gasteiger partial charge in [-0.25, -0.2) is 4.98 Å². The minimum absolute atomic E-state index is 0.589. The molecular weight excluding hydrogens is 286 g/mol. The summed E-state index contributed by atoms with van der Waals surface area (Å²) >= 11 is 0. The number of anilines is 1. The molecule has 0 saturated heterocycles. The van der Waals surface area contributed by atoms with Crippen molar-refractivity contribution >= 4 is 11.6 Å². The van der Waals surface area contributed by atoms with E-state index in [1.807, 2.05) is 11.4 Å². The number of hydrogen-bond acceptors (Lipinski definition) is 4. The number of fused-ring (bicyclic) bond motifs is 1. The first-order valence-corrected chi connectivity index (χ1v) is 8.12. The van der Waals surface area contributed by atoms with Gasteiger partial charge in [0.05, 0.1) is 0 Å². The lowest BCUT2D eigenvalue weighted by atomic mass is 10.1. The summed E-state index contributed by atoms with van der Waals surface area (Å²) in [4.78, 5) is 11.1. The van der Waals surface area contributed by atoms with E-state index in [0.29, 0.717) is 11.8 Å². The first-order chi connectivity index (χ1) is 11.1. The largest absolute Gasteiger partial charge is 0.349 e. The minimum atomic E-state index is 0.589. The van der Waals surface area contributed by atoms with E-state index in [1.54, 1.807) is 6.33 Å². The van der Waals surface area contributed by atoms with Crippen molar-refractivity contribution in [2.45, 2.75) is 46.2 Å². The Labute approximate surface area is 136 Å². The van der Waals surface area contributed by atoms with Gasteiger partial charge in [-0.05, 0) is 50.3 Å². The highest BCUT2D eigenvalue weighted by molar-refractivity contribution is 5.50. The number of nitrogens with zero attached hydrogens (tertiary/aromatic N) is 5. The molecule has 0 bridgehead atoms. The Morgan fingerprint density at radius 1 is 1.13 bits per heavy atom. The summed E-state index contributed by atoms with van der Waals surface area (Å²) in [5.74, 6) is 1.76. The topological polar surface area (TPSA) is 46.3 Å². The van der Waals surface area contributed by atoms with E-state index < -0.39 is 0 Å². The second-order valence-electron chi connectivity index (χ2n) is 6.51. The second-order valence-corrected chi connectivity index (χ2v) is 6.51. The third-order valence-electron chi connectivity index (χ3n) is 4.57. The van der Waals surface area contributed by atoms with Gasteiger partial charge in [-0.3, -0.25) is 0 Å². The standard InChI is InChI=1S/C18H21N5/c1-12-4-5-15(8-13(12)2)10-22(16-6-7-16)17-9-14(3)21-18-19-11-20-23(17)18/h4-5,8-9,11,16H,6-7,10H2,1-3H3. The monoisotopic (exact) mass is 307 g/mol. The van der Waals surface area contributed by atoms with Crippen molar-refractivity contribution in [2.24, 2.45) is 0 Å². The lowest BCUT2D eigenvalue weighted by Crippen LogP contribution is -2.27. The van der Waals surface area contributed by atoms with E-state index in [0.717, 1.165) is 18.1 Å². The van der Waals surface area contributed by atoms with Gasteiger partial charge in [-0.2, -0.15) is 14.6 Å². The molecule has 0 N–H and O–H groups in total. The third-order valence-corrected chi connectivity index (χ3v) is 4.57. The van der Waals surface area contributed by atoms with Crippen LogP contribution in [0.3, 0.4) is 0 Å². The quantitative estimate of drug-likeness (QED) is 0.742. The van der Waals surface area contributed by atoms with Crippen molar-refractivity contribution in [2.75, 3.05) is 4.90 Å². The lowest BCUT2D eigenvalue weighted by Gasteiger charge is -2.25. The maximum atomic E-state index is 4.45. The SMILES string of the molecule is Cc1cc(N(Cc2ccc(C)c(C)c2)C2CC2)n2ncnc2n1. The molecule has 1 fully saturated rings. The zero-order chi connectivity index (χ0) is 16.0. The number of hydrogen-bond donors (Lipinski definition) is 0. The van der Waals surface area contributed by atoms with Gasteiger partial charge in [-0.15, -0.1) is 0 Å². The van der Waals surface area contributed by atoms with Crippen LogP contribution in [0.5, 0.6) is 0 Å². The number of aryl methyl sites for hydroxylation is 3. The van der Waals surface area contributed by atoms with E-state index in [9.17, 15) is 0 Å². The van der Waals surface area contributed by atoms with Crippen LogP contribution in [-0.4, -0.2) is 25.6 Å². The first-order valence-electron chi connectivity index (χ1n) is 8.12. The van der Waals surface area contributed by atoms with E-state index in [-0.39, 0.29) is 0 Å². The molecule has 5 nitrogen and oxygen atoms in total. The Balaban J connectivity index is 1.75. The average Bonchev–Trinajstić information content (AvgIpc) is 3.25. The van der Waals surface area contributed by atoms with Crippen molar-refractivity contribution in [1.29, 1.82) is 0 Å². The van der Waals surface area contributed by atoms with Crippen LogP contribution in [0.25, 0.3) is 5.78 Å².